The van der Waals surface area contributed by atoms with Crippen molar-refractivity contribution in [3.8, 4) is 11.8 Å². The van der Waals surface area contributed by atoms with Crippen LogP contribution in [0.2, 0.25) is 0 Å². The second-order valence-electron chi connectivity index (χ2n) is 5.25. The molecule has 0 aliphatic heterocycles. The molecule has 140 valence electrons. The summed E-state index contributed by atoms with van der Waals surface area (Å²) in [6.45, 7) is 2.36. The van der Waals surface area contributed by atoms with Crippen molar-refractivity contribution >= 4 is 29.2 Å². The standard InChI is InChI=1S/C20H19NO5S/c1-2-25-19(23)18(22)17-12-11-16(27-17)10-6-7-13-21-20(24)26-14-15-8-4-3-5-9-15/h3-5,8-9,11-12H,2,7,13-14H2,1H3,(H,21,24). The third-order valence-electron chi connectivity index (χ3n) is 3.23. The number of nitrogens with one attached hydrogen (secondary N) is 1. The van der Waals surface area contributed by atoms with Crippen LogP contribution in [0.3, 0.4) is 0 Å². The molecule has 0 spiro atoms. The number of rotatable bonds is 7. The van der Waals surface area contributed by atoms with Gasteiger partial charge >= 0.3 is 12.1 Å². The van der Waals surface area contributed by atoms with E-state index < -0.39 is 17.8 Å². The molecule has 1 heterocycles. The Hall–Kier alpha value is -3.11. The van der Waals surface area contributed by atoms with Crippen LogP contribution in [0, 0.1) is 11.8 Å². The van der Waals surface area contributed by atoms with Gasteiger partial charge in [-0.05, 0) is 24.6 Å². The van der Waals surface area contributed by atoms with E-state index in [4.69, 9.17) is 4.74 Å². The number of hydrogen-bond acceptors (Lipinski definition) is 6. The molecule has 6 nitrogen and oxygen atoms in total. The molecule has 0 unspecified atom stereocenters. The third-order valence-corrected chi connectivity index (χ3v) is 4.23. The zero-order valence-corrected chi connectivity index (χ0v) is 15.6. The predicted molar refractivity (Wildman–Crippen MR) is 101 cm³/mol. The van der Waals surface area contributed by atoms with Crippen molar-refractivity contribution in [1.29, 1.82) is 0 Å². The van der Waals surface area contributed by atoms with Crippen LogP contribution in [0.15, 0.2) is 42.5 Å². The Labute approximate surface area is 161 Å². The lowest BCUT2D eigenvalue weighted by Gasteiger charge is -2.05. The van der Waals surface area contributed by atoms with Crippen LogP contribution >= 0.6 is 11.3 Å². The molecule has 0 saturated carbocycles. The Balaban J connectivity index is 1.70. The minimum atomic E-state index is -0.864. The first-order chi connectivity index (χ1) is 13.1. The lowest BCUT2D eigenvalue weighted by molar-refractivity contribution is -0.137. The summed E-state index contributed by atoms with van der Waals surface area (Å²) >= 11 is 1.13. The molecule has 0 fully saturated rings. The van der Waals surface area contributed by atoms with Crippen LogP contribution < -0.4 is 5.32 Å². The number of thiophene rings is 1. The molecule has 1 aromatic heterocycles. The molecule has 0 bridgehead atoms. The molecule has 0 saturated heterocycles. The number of ether oxygens (including phenoxy) is 2. The molecule has 0 aliphatic carbocycles. The SMILES string of the molecule is CCOC(=O)C(=O)c1ccc(C#CCCNC(=O)OCc2ccccc2)s1. The fraction of sp³-hybridized carbons (Fsp3) is 0.250. The van der Waals surface area contributed by atoms with Crippen molar-refractivity contribution < 1.29 is 23.9 Å². The number of hydrogen-bond donors (Lipinski definition) is 1. The maximum atomic E-state index is 11.8. The summed E-state index contributed by atoms with van der Waals surface area (Å²) in [5.41, 5.74) is 0.915. The van der Waals surface area contributed by atoms with E-state index >= 15 is 0 Å². The van der Waals surface area contributed by atoms with Crippen LogP contribution in [-0.4, -0.2) is 31.0 Å². The van der Waals surface area contributed by atoms with E-state index in [0.29, 0.717) is 22.7 Å². The second-order valence-corrected chi connectivity index (χ2v) is 6.34. The summed E-state index contributed by atoms with van der Waals surface area (Å²) < 4.78 is 9.77. The number of carbonyl (C=O) groups is 3. The number of ketones is 1. The van der Waals surface area contributed by atoms with Crippen LogP contribution in [0.4, 0.5) is 4.79 Å². The molecular formula is C20H19NO5S. The van der Waals surface area contributed by atoms with Crippen LogP contribution in [0.1, 0.15) is 33.5 Å². The lowest BCUT2D eigenvalue weighted by Crippen LogP contribution is -2.24. The number of amides is 1. The van der Waals surface area contributed by atoms with Crippen LogP contribution in [-0.2, 0) is 20.9 Å². The molecule has 7 heteroatoms. The van der Waals surface area contributed by atoms with Crippen molar-refractivity contribution in [3.63, 3.8) is 0 Å². The van der Waals surface area contributed by atoms with E-state index in [9.17, 15) is 14.4 Å². The van der Waals surface area contributed by atoms with Gasteiger partial charge in [-0.2, -0.15) is 0 Å². The molecule has 2 rings (SSSR count). The van der Waals surface area contributed by atoms with Gasteiger partial charge in [0.25, 0.3) is 5.78 Å². The molecular weight excluding hydrogens is 366 g/mol. The number of carbonyl (C=O) groups excluding carboxylic acids is 3. The van der Waals surface area contributed by atoms with E-state index in [-0.39, 0.29) is 13.2 Å². The number of esters is 1. The highest BCUT2D eigenvalue weighted by Gasteiger charge is 2.19. The highest BCUT2D eigenvalue weighted by Crippen LogP contribution is 2.16. The minimum absolute atomic E-state index is 0.156. The second kappa shape index (κ2) is 10.8. The van der Waals surface area contributed by atoms with Gasteiger partial charge in [0.2, 0.25) is 0 Å². The fourth-order valence-corrected chi connectivity index (χ4v) is 2.78. The Kier molecular flexibility index (Phi) is 8.07. The van der Waals surface area contributed by atoms with Crippen molar-refractivity contribution in [2.45, 2.75) is 20.0 Å². The van der Waals surface area contributed by atoms with Gasteiger partial charge in [0.15, 0.2) is 0 Å². The van der Waals surface area contributed by atoms with E-state index in [2.05, 4.69) is 21.9 Å². The first-order valence-corrected chi connectivity index (χ1v) is 9.16. The Bertz CT molecular complexity index is 848. The lowest BCUT2D eigenvalue weighted by atomic mass is 10.2. The largest absolute Gasteiger partial charge is 0.460 e. The highest BCUT2D eigenvalue weighted by atomic mass is 32.1. The maximum absolute atomic E-state index is 11.8. The quantitative estimate of drug-likeness (QED) is 0.260. The van der Waals surface area contributed by atoms with Crippen molar-refractivity contribution in [1.82, 2.24) is 5.32 Å². The monoisotopic (exact) mass is 385 g/mol. The summed E-state index contributed by atoms with van der Waals surface area (Å²) in [4.78, 5) is 35.7. The highest BCUT2D eigenvalue weighted by molar-refractivity contribution is 7.15. The molecule has 0 aliphatic rings. The summed E-state index contributed by atoms with van der Waals surface area (Å²) in [7, 11) is 0. The number of benzene rings is 1. The van der Waals surface area contributed by atoms with E-state index in [0.717, 1.165) is 16.9 Å². The summed E-state index contributed by atoms with van der Waals surface area (Å²) in [5, 5.41) is 2.62. The average molecular weight is 385 g/mol. The molecule has 0 radical (unpaired) electrons. The maximum Gasteiger partial charge on any atom is 0.407 e. The summed E-state index contributed by atoms with van der Waals surface area (Å²) in [6, 6.07) is 12.6. The Morgan fingerprint density at radius 2 is 1.85 bits per heavy atom. The third kappa shape index (κ3) is 6.96. The average Bonchev–Trinajstić information content (AvgIpc) is 3.15. The zero-order valence-electron chi connectivity index (χ0n) is 14.8. The van der Waals surface area contributed by atoms with E-state index in [1.807, 2.05) is 30.3 Å². The van der Waals surface area contributed by atoms with Gasteiger partial charge in [-0.15, -0.1) is 11.3 Å². The van der Waals surface area contributed by atoms with Crippen molar-refractivity contribution in [3.05, 3.63) is 57.8 Å². The number of Topliss-reactive ketones (excluding diaryl/α,β-unsaturated/α-hetero) is 1. The van der Waals surface area contributed by atoms with Gasteiger partial charge in [0.05, 0.1) is 16.4 Å². The molecule has 2 aromatic rings. The molecule has 1 aromatic carbocycles. The van der Waals surface area contributed by atoms with Crippen LogP contribution in [0.25, 0.3) is 0 Å². The summed E-state index contributed by atoms with van der Waals surface area (Å²) in [6.07, 6.45) is -0.0708. The molecule has 0 atom stereocenters. The van der Waals surface area contributed by atoms with Gasteiger partial charge in [-0.3, -0.25) is 4.79 Å². The molecule has 27 heavy (non-hydrogen) atoms. The predicted octanol–water partition coefficient (Wildman–Crippen LogP) is 3.16. The van der Waals surface area contributed by atoms with E-state index in [1.54, 1.807) is 19.1 Å². The summed E-state index contributed by atoms with van der Waals surface area (Å²) in [5.74, 6) is 4.26. The van der Waals surface area contributed by atoms with Crippen LogP contribution in [0.5, 0.6) is 0 Å². The fourth-order valence-electron chi connectivity index (χ4n) is 1.98. The van der Waals surface area contributed by atoms with Gasteiger partial charge in [-0.25, -0.2) is 9.59 Å². The first kappa shape index (κ1) is 20.2. The van der Waals surface area contributed by atoms with Gasteiger partial charge in [-0.1, -0.05) is 42.2 Å². The molecule has 1 amide bonds. The first-order valence-electron chi connectivity index (χ1n) is 8.35. The van der Waals surface area contributed by atoms with Crippen molar-refractivity contribution in [2.75, 3.05) is 13.2 Å². The Morgan fingerprint density at radius 1 is 1.07 bits per heavy atom. The molecule has 1 N–H and O–H groups in total. The van der Waals surface area contributed by atoms with E-state index in [1.165, 1.54) is 0 Å². The Morgan fingerprint density at radius 3 is 2.59 bits per heavy atom. The van der Waals surface area contributed by atoms with Crippen molar-refractivity contribution in [2.24, 2.45) is 0 Å². The van der Waals surface area contributed by atoms with Gasteiger partial charge in [0, 0.05) is 13.0 Å². The smallest absolute Gasteiger partial charge is 0.407 e. The van der Waals surface area contributed by atoms with Gasteiger partial charge < -0.3 is 14.8 Å². The topological polar surface area (TPSA) is 81.7 Å². The minimum Gasteiger partial charge on any atom is -0.460 e. The normalized spacial score (nSPS) is 9.67. The zero-order chi connectivity index (χ0) is 19.5. The number of alkyl carbamates (subject to hydrolysis) is 1. The van der Waals surface area contributed by atoms with Gasteiger partial charge in [0.1, 0.15) is 6.61 Å².